The quantitative estimate of drug-likeness (QED) is 0.544. The van der Waals surface area contributed by atoms with Crippen LogP contribution in [0.5, 0.6) is 0 Å². The van der Waals surface area contributed by atoms with Crippen LogP contribution in [0.1, 0.15) is 20.8 Å². The third kappa shape index (κ3) is 11.9. The van der Waals surface area contributed by atoms with E-state index >= 15 is 0 Å². The molecule has 78 valence electrons. The van der Waals surface area contributed by atoms with Crippen LogP contribution in [-0.4, -0.2) is 35.0 Å². The second-order valence-electron chi connectivity index (χ2n) is 2.17. The van der Waals surface area contributed by atoms with Crippen LogP contribution in [0, 0.1) is 0 Å². The Morgan fingerprint density at radius 1 is 0.923 bits per heavy atom. The number of nitrogens with zero attached hydrogens (tertiary/aromatic N) is 1. The molecule has 3 nitrogen and oxygen atoms in total. The Balaban J connectivity index is 0. The number of hydrogen-bond donors (Lipinski definition) is 0. The average molecular weight is 228 g/mol. The normalized spacial score (nSPS) is 9.08. The van der Waals surface area contributed by atoms with E-state index in [2.05, 4.69) is 48.9 Å². The zero-order chi connectivity index (χ0) is 10.9. The van der Waals surface area contributed by atoms with Gasteiger partial charge in [0, 0.05) is 0 Å². The third-order valence-electron chi connectivity index (χ3n) is 1.50. The SMILES string of the molecule is CCN(CC)CC.O=C(Cl)C(=O)Cl. The van der Waals surface area contributed by atoms with Crippen LogP contribution in [-0.2, 0) is 9.59 Å². The fraction of sp³-hybridized carbons (Fsp3) is 0.750. The van der Waals surface area contributed by atoms with Crippen molar-refractivity contribution in [3.8, 4) is 0 Å². The van der Waals surface area contributed by atoms with Crippen molar-refractivity contribution >= 4 is 33.7 Å². The highest BCUT2D eigenvalue weighted by Gasteiger charge is 2.01. The molecule has 0 aromatic rings. The van der Waals surface area contributed by atoms with E-state index in [1.165, 1.54) is 19.6 Å². The minimum absolute atomic E-state index is 1.14. The summed E-state index contributed by atoms with van der Waals surface area (Å²) < 4.78 is 0. The molecule has 0 aliphatic rings. The van der Waals surface area contributed by atoms with Crippen molar-refractivity contribution in [2.45, 2.75) is 20.8 Å². The molecule has 0 N–H and O–H groups in total. The molecule has 0 saturated carbocycles. The molecule has 0 atom stereocenters. The zero-order valence-corrected chi connectivity index (χ0v) is 9.65. The van der Waals surface area contributed by atoms with Crippen LogP contribution < -0.4 is 0 Å². The molecule has 0 saturated heterocycles. The van der Waals surface area contributed by atoms with Crippen LogP contribution in [0.4, 0.5) is 0 Å². The van der Waals surface area contributed by atoms with Gasteiger partial charge in [0.1, 0.15) is 0 Å². The largest absolute Gasteiger partial charge is 0.304 e. The van der Waals surface area contributed by atoms with Gasteiger partial charge in [-0.15, -0.1) is 0 Å². The molecule has 0 spiro atoms. The fourth-order valence-corrected chi connectivity index (χ4v) is 0.671. The summed E-state index contributed by atoms with van der Waals surface area (Å²) in [6.45, 7) is 10.1. The highest BCUT2D eigenvalue weighted by molar-refractivity contribution is 6.97. The van der Waals surface area contributed by atoms with E-state index in [1.807, 2.05) is 0 Å². The molecule has 0 aliphatic carbocycles. The lowest BCUT2D eigenvalue weighted by molar-refractivity contribution is -0.127. The van der Waals surface area contributed by atoms with Crippen molar-refractivity contribution in [1.29, 1.82) is 0 Å². The standard InChI is InChI=1S/C6H15N.C2Cl2O2/c1-4-7(5-2)6-3;3-1(5)2(4)6/h4-6H2,1-3H3;. The first-order valence-corrected chi connectivity index (χ1v) is 4.86. The van der Waals surface area contributed by atoms with Gasteiger partial charge < -0.3 is 4.90 Å². The van der Waals surface area contributed by atoms with E-state index in [-0.39, 0.29) is 0 Å². The maximum atomic E-state index is 9.43. The van der Waals surface area contributed by atoms with Gasteiger partial charge in [-0.05, 0) is 42.8 Å². The Morgan fingerprint density at radius 3 is 1.15 bits per heavy atom. The van der Waals surface area contributed by atoms with E-state index in [4.69, 9.17) is 0 Å². The molecule has 0 radical (unpaired) electrons. The van der Waals surface area contributed by atoms with Crippen LogP contribution >= 0.6 is 23.2 Å². The lowest BCUT2D eigenvalue weighted by Crippen LogP contribution is -2.21. The van der Waals surface area contributed by atoms with Crippen LogP contribution in [0.2, 0.25) is 0 Å². The van der Waals surface area contributed by atoms with Crippen molar-refractivity contribution in [2.75, 3.05) is 19.6 Å². The van der Waals surface area contributed by atoms with E-state index in [0.717, 1.165) is 0 Å². The summed E-state index contributed by atoms with van der Waals surface area (Å²) >= 11 is 8.98. The first kappa shape index (κ1) is 15.4. The van der Waals surface area contributed by atoms with Crippen molar-refractivity contribution in [1.82, 2.24) is 4.90 Å². The van der Waals surface area contributed by atoms with Gasteiger partial charge in [0.05, 0.1) is 0 Å². The molecule has 13 heavy (non-hydrogen) atoms. The smallest absolute Gasteiger partial charge is 0.304 e. The lowest BCUT2D eigenvalue weighted by Gasteiger charge is -2.13. The van der Waals surface area contributed by atoms with Gasteiger partial charge in [-0.2, -0.15) is 0 Å². The van der Waals surface area contributed by atoms with Crippen molar-refractivity contribution in [3.05, 3.63) is 0 Å². The number of carbonyl (C=O) groups excluding carboxylic acids is 2. The Morgan fingerprint density at radius 2 is 1.15 bits per heavy atom. The minimum Gasteiger partial charge on any atom is -0.304 e. The molecular weight excluding hydrogens is 213 g/mol. The van der Waals surface area contributed by atoms with Gasteiger partial charge in [0.25, 0.3) is 0 Å². The van der Waals surface area contributed by atoms with Crippen molar-refractivity contribution in [3.63, 3.8) is 0 Å². The Labute approximate surface area is 89.0 Å². The van der Waals surface area contributed by atoms with E-state index < -0.39 is 10.5 Å². The minimum atomic E-state index is -1.14. The molecule has 0 heterocycles. The monoisotopic (exact) mass is 227 g/mol. The molecule has 0 fully saturated rings. The number of hydrogen-bond acceptors (Lipinski definition) is 3. The summed E-state index contributed by atoms with van der Waals surface area (Å²) in [5.74, 6) is 0. The lowest BCUT2D eigenvalue weighted by atomic mass is 10.5. The van der Waals surface area contributed by atoms with E-state index in [0.29, 0.717) is 0 Å². The summed E-state index contributed by atoms with van der Waals surface area (Å²) in [4.78, 5) is 21.2. The molecule has 0 unspecified atom stereocenters. The Kier molecular flexibility index (Phi) is 11.8. The summed E-state index contributed by atoms with van der Waals surface area (Å²) in [5, 5.41) is -2.28. The summed E-state index contributed by atoms with van der Waals surface area (Å²) in [6.07, 6.45) is 0. The number of halogens is 2. The van der Waals surface area contributed by atoms with Gasteiger partial charge >= 0.3 is 10.5 Å². The van der Waals surface area contributed by atoms with Gasteiger partial charge in [-0.1, -0.05) is 20.8 Å². The van der Waals surface area contributed by atoms with Crippen molar-refractivity contribution in [2.24, 2.45) is 0 Å². The fourth-order valence-electron chi connectivity index (χ4n) is 0.671. The van der Waals surface area contributed by atoms with E-state index in [9.17, 15) is 9.59 Å². The molecule has 0 amide bonds. The molecule has 0 aliphatic heterocycles. The summed E-state index contributed by atoms with van der Waals surface area (Å²) in [6, 6.07) is 0. The first-order chi connectivity index (χ1) is 5.99. The van der Waals surface area contributed by atoms with Crippen LogP contribution in [0.3, 0.4) is 0 Å². The maximum Gasteiger partial charge on any atom is 0.304 e. The highest BCUT2D eigenvalue weighted by atomic mass is 35.5. The number of rotatable bonds is 4. The van der Waals surface area contributed by atoms with Gasteiger partial charge in [0.15, 0.2) is 0 Å². The zero-order valence-electron chi connectivity index (χ0n) is 8.14. The van der Waals surface area contributed by atoms with E-state index in [1.54, 1.807) is 0 Å². The molecule has 0 rings (SSSR count). The molecule has 0 bridgehead atoms. The van der Waals surface area contributed by atoms with Crippen LogP contribution in [0.15, 0.2) is 0 Å². The topological polar surface area (TPSA) is 37.4 Å². The highest BCUT2D eigenvalue weighted by Crippen LogP contribution is 1.84. The molecule has 0 aromatic heterocycles. The first-order valence-electron chi connectivity index (χ1n) is 4.11. The molecule has 5 heteroatoms. The molecule has 0 aromatic carbocycles. The van der Waals surface area contributed by atoms with Gasteiger partial charge in [0.2, 0.25) is 0 Å². The van der Waals surface area contributed by atoms with Gasteiger partial charge in [-0.25, -0.2) is 0 Å². The maximum absolute atomic E-state index is 9.43. The Hall–Kier alpha value is -0.120. The van der Waals surface area contributed by atoms with Crippen molar-refractivity contribution < 1.29 is 9.59 Å². The Bertz CT molecular complexity index is 141. The molecular formula is C8H15Cl2NO2. The number of carbonyl (C=O) groups is 2. The van der Waals surface area contributed by atoms with Crippen LogP contribution in [0.25, 0.3) is 0 Å². The third-order valence-corrected chi connectivity index (χ3v) is 1.94. The summed E-state index contributed by atoms with van der Waals surface area (Å²) in [7, 11) is 0. The van der Waals surface area contributed by atoms with Gasteiger partial charge in [-0.3, -0.25) is 9.59 Å². The second kappa shape index (κ2) is 9.96. The predicted octanol–water partition coefficient (Wildman–Crippen LogP) is 1.87. The average Bonchev–Trinajstić information content (AvgIpc) is 2.08. The predicted molar refractivity (Wildman–Crippen MR) is 55.2 cm³/mol. The summed E-state index contributed by atoms with van der Waals surface area (Å²) in [5.41, 5.74) is 0. The second-order valence-corrected chi connectivity index (χ2v) is 2.85.